The summed E-state index contributed by atoms with van der Waals surface area (Å²) >= 11 is 5.57. The zero-order chi connectivity index (χ0) is 14.0. The van der Waals surface area contributed by atoms with Gasteiger partial charge in [-0.2, -0.15) is 5.21 Å². The third kappa shape index (κ3) is 3.06. The van der Waals surface area contributed by atoms with Crippen LogP contribution in [0.1, 0.15) is 18.8 Å². The van der Waals surface area contributed by atoms with E-state index in [0.717, 1.165) is 12.1 Å². The Bertz CT molecular complexity index is 676. The number of benzene rings is 1. The van der Waals surface area contributed by atoms with Crippen molar-refractivity contribution in [2.45, 2.75) is 17.9 Å². The van der Waals surface area contributed by atoms with Gasteiger partial charge in [0.25, 0.3) is 0 Å². The number of aromatic nitrogens is 4. The average Bonchev–Trinajstić information content (AvgIpc) is 2.80. The molecule has 1 aromatic carbocycles. The molecule has 0 bridgehead atoms. The first kappa shape index (κ1) is 13.8. The Labute approximate surface area is 113 Å². The number of hydrogen-bond acceptors (Lipinski definition) is 5. The van der Waals surface area contributed by atoms with Crippen molar-refractivity contribution in [2.24, 2.45) is 0 Å². The first-order valence-corrected chi connectivity index (χ1v) is 6.97. The second-order valence-corrected chi connectivity index (χ2v) is 5.81. The van der Waals surface area contributed by atoms with Crippen LogP contribution in [-0.4, -0.2) is 29.0 Å². The van der Waals surface area contributed by atoms with Crippen LogP contribution < -0.4 is 4.72 Å². The van der Waals surface area contributed by atoms with Crippen LogP contribution in [0.5, 0.6) is 0 Å². The van der Waals surface area contributed by atoms with E-state index in [4.69, 9.17) is 11.6 Å². The maximum absolute atomic E-state index is 13.6. The predicted octanol–water partition coefficient (Wildman–Crippen LogP) is 1.03. The third-order valence-electron chi connectivity index (χ3n) is 2.26. The molecule has 0 saturated heterocycles. The van der Waals surface area contributed by atoms with Gasteiger partial charge >= 0.3 is 0 Å². The molecule has 10 heteroatoms. The number of halogens is 2. The lowest BCUT2D eigenvalue weighted by atomic mass is 10.3. The van der Waals surface area contributed by atoms with E-state index in [1.165, 1.54) is 13.0 Å². The smallest absolute Gasteiger partial charge is 0.207 e. The van der Waals surface area contributed by atoms with Gasteiger partial charge in [-0.15, -0.1) is 10.2 Å². The summed E-state index contributed by atoms with van der Waals surface area (Å²) in [6, 6.07) is 2.55. The highest BCUT2D eigenvalue weighted by atomic mass is 35.5. The number of nitrogens with one attached hydrogen (secondary N) is 2. The van der Waals surface area contributed by atoms with E-state index < -0.39 is 26.8 Å². The second kappa shape index (κ2) is 5.19. The van der Waals surface area contributed by atoms with E-state index >= 15 is 0 Å². The lowest BCUT2D eigenvalue weighted by Gasteiger charge is -2.11. The number of hydrogen-bond donors (Lipinski definition) is 2. The van der Waals surface area contributed by atoms with Crippen LogP contribution in [0.3, 0.4) is 0 Å². The molecule has 0 aliphatic heterocycles. The molecule has 19 heavy (non-hydrogen) atoms. The van der Waals surface area contributed by atoms with Crippen LogP contribution in [0.2, 0.25) is 5.02 Å². The van der Waals surface area contributed by atoms with Crippen molar-refractivity contribution in [1.29, 1.82) is 0 Å². The number of H-pyrrole nitrogens is 1. The number of rotatable bonds is 4. The molecule has 0 aliphatic carbocycles. The summed E-state index contributed by atoms with van der Waals surface area (Å²) in [6.45, 7) is 1.51. The van der Waals surface area contributed by atoms with Crippen molar-refractivity contribution >= 4 is 21.6 Å². The van der Waals surface area contributed by atoms with Crippen LogP contribution in [0.4, 0.5) is 4.39 Å². The maximum atomic E-state index is 13.6. The number of sulfonamides is 1. The SMILES string of the molecule is CC(NS(=O)(=O)c1ccc(Cl)cc1F)c1nn[nH]n1. The lowest BCUT2D eigenvalue weighted by Crippen LogP contribution is -2.28. The Morgan fingerprint density at radius 1 is 1.47 bits per heavy atom. The lowest BCUT2D eigenvalue weighted by molar-refractivity contribution is 0.542. The molecule has 2 aromatic rings. The van der Waals surface area contributed by atoms with Crippen molar-refractivity contribution in [3.63, 3.8) is 0 Å². The number of aromatic amines is 1. The zero-order valence-electron chi connectivity index (χ0n) is 9.63. The molecule has 0 spiro atoms. The summed E-state index contributed by atoms with van der Waals surface area (Å²) in [5.74, 6) is -0.779. The Balaban J connectivity index is 2.28. The van der Waals surface area contributed by atoms with Gasteiger partial charge in [-0.3, -0.25) is 0 Å². The van der Waals surface area contributed by atoms with Gasteiger partial charge in [-0.1, -0.05) is 16.8 Å². The summed E-state index contributed by atoms with van der Waals surface area (Å²) in [4.78, 5) is -0.493. The number of tetrazole rings is 1. The molecule has 102 valence electrons. The molecule has 0 amide bonds. The minimum atomic E-state index is -4.04. The number of nitrogens with zero attached hydrogens (tertiary/aromatic N) is 3. The minimum absolute atomic E-state index is 0.114. The quantitative estimate of drug-likeness (QED) is 0.878. The van der Waals surface area contributed by atoms with Gasteiger partial charge in [0.1, 0.15) is 10.7 Å². The van der Waals surface area contributed by atoms with Crippen molar-refractivity contribution in [3.05, 3.63) is 34.9 Å². The second-order valence-electron chi connectivity index (χ2n) is 3.69. The maximum Gasteiger partial charge on any atom is 0.244 e. The van der Waals surface area contributed by atoms with Gasteiger partial charge in [-0.05, 0) is 25.1 Å². The van der Waals surface area contributed by atoms with Crippen molar-refractivity contribution in [1.82, 2.24) is 25.3 Å². The molecule has 7 nitrogen and oxygen atoms in total. The van der Waals surface area contributed by atoms with Crippen LogP contribution in [-0.2, 0) is 10.0 Å². The van der Waals surface area contributed by atoms with Crippen LogP contribution in [0, 0.1) is 5.82 Å². The molecule has 0 fully saturated rings. The molecule has 1 unspecified atom stereocenters. The van der Waals surface area contributed by atoms with Crippen molar-refractivity contribution in [3.8, 4) is 0 Å². The van der Waals surface area contributed by atoms with Crippen LogP contribution in [0.15, 0.2) is 23.1 Å². The standard InChI is InChI=1S/C9H9ClFN5O2S/c1-5(9-12-15-16-13-9)14-19(17,18)8-3-2-6(10)4-7(8)11/h2-5,14H,1H3,(H,12,13,15,16). The highest BCUT2D eigenvalue weighted by Gasteiger charge is 2.23. The van der Waals surface area contributed by atoms with Crippen LogP contribution in [0.25, 0.3) is 0 Å². The largest absolute Gasteiger partial charge is 0.244 e. The summed E-state index contributed by atoms with van der Waals surface area (Å²) in [5, 5.41) is 12.9. The summed E-state index contributed by atoms with van der Waals surface area (Å²) < 4.78 is 39.8. The third-order valence-corrected chi connectivity index (χ3v) is 4.07. The van der Waals surface area contributed by atoms with Crippen LogP contribution >= 0.6 is 11.6 Å². The van der Waals surface area contributed by atoms with Gasteiger partial charge in [0.2, 0.25) is 10.0 Å². The van der Waals surface area contributed by atoms with Crippen molar-refractivity contribution in [2.75, 3.05) is 0 Å². The minimum Gasteiger partial charge on any atom is -0.207 e. The molecule has 1 atom stereocenters. The predicted molar refractivity (Wildman–Crippen MR) is 64.3 cm³/mol. The first-order chi connectivity index (χ1) is 8.90. The summed E-state index contributed by atoms with van der Waals surface area (Å²) in [5.41, 5.74) is 0. The molecule has 1 aromatic heterocycles. The topological polar surface area (TPSA) is 101 Å². The van der Waals surface area contributed by atoms with E-state index in [0.29, 0.717) is 0 Å². The summed E-state index contributed by atoms with van der Waals surface area (Å²) in [7, 11) is -4.04. The Morgan fingerprint density at radius 3 is 2.79 bits per heavy atom. The fourth-order valence-electron chi connectivity index (χ4n) is 1.40. The Hall–Kier alpha value is -1.58. The van der Waals surface area contributed by atoms with Gasteiger partial charge in [0.15, 0.2) is 5.82 Å². The molecule has 2 N–H and O–H groups in total. The average molecular weight is 306 g/mol. The van der Waals surface area contributed by atoms with E-state index in [1.807, 2.05) is 0 Å². The Morgan fingerprint density at radius 2 is 2.21 bits per heavy atom. The Kier molecular flexibility index (Phi) is 3.78. The fraction of sp³-hybridized carbons (Fsp3) is 0.222. The van der Waals surface area contributed by atoms with E-state index in [9.17, 15) is 12.8 Å². The first-order valence-electron chi connectivity index (χ1n) is 5.11. The molecular formula is C9H9ClFN5O2S. The van der Waals surface area contributed by atoms with Crippen molar-refractivity contribution < 1.29 is 12.8 Å². The normalized spacial score (nSPS) is 13.4. The van der Waals surface area contributed by atoms with E-state index in [1.54, 1.807) is 0 Å². The monoisotopic (exact) mass is 305 g/mol. The molecule has 2 rings (SSSR count). The molecule has 0 aliphatic rings. The summed E-state index contributed by atoms with van der Waals surface area (Å²) in [6.07, 6.45) is 0. The van der Waals surface area contributed by atoms with Gasteiger partial charge in [-0.25, -0.2) is 17.5 Å². The van der Waals surface area contributed by atoms with E-state index in [2.05, 4.69) is 25.3 Å². The zero-order valence-corrected chi connectivity index (χ0v) is 11.2. The molecule has 1 heterocycles. The van der Waals surface area contributed by atoms with Gasteiger partial charge in [0.05, 0.1) is 6.04 Å². The highest BCUT2D eigenvalue weighted by Crippen LogP contribution is 2.20. The highest BCUT2D eigenvalue weighted by molar-refractivity contribution is 7.89. The van der Waals surface area contributed by atoms with Gasteiger partial charge < -0.3 is 0 Å². The fourth-order valence-corrected chi connectivity index (χ4v) is 2.81. The molecule has 0 saturated carbocycles. The van der Waals surface area contributed by atoms with E-state index in [-0.39, 0.29) is 10.8 Å². The molecular weight excluding hydrogens is 297 g/mol. The molecule has 0 radical (unpaired) electrons. The van der Waals surface area contributed by atoms with Gasteiger partial charge in [0, 0.05) is 5.02 Å².